The van der Waals surface area contributed by atoms with Gasteiger partial charge in [-0.2, -0.15) is 5.26 Å². The number of carbonyl (C=O) groups excluding carboxylic acids is 1. The Balaban J connectivity index is 2.29. The lowest BCUT2D eigenvalue weighted by molar-refractivity contribution is -0.112. The third-order valence-electron chi connectivity index (χ3n) is 2.90. The molecule has 104 valence electrons. The molecule has 0 aliphatic carbocycles. The molecule has 2 N–H and O–H groups in total. The van der Waals surface area contributed by atoms with Crippen LogP contribution in [0.1, 0.15) is 11.1 Å². The van der Waals surface area contributed by atoms with E-state index in [4.69, 9.17) is 5.26 Å². The van der Waals surface area contributed by atoms with Gasteiger partial charge in [-0.1, -0.05) is 42.5 Å². The van der Waals surface area contributed by atoms with Gasteiger partial charge in [-0.05, 0) is 24.6 Å². The number of amides is 1. The average molecular weight is 278 g/mol. The molecule has 0 bridgehead atoms. The molecule has 0 spiro atoms. The molecule has 4 heteroatoms. The van der Waals surface area contributed by atoms with Crippen molar-refractivity contribution in [3.8, 4) is 6.07 Å². The number of aliphatic hydroxyl groups is 1. The van der Waals surface area contributed by atoms with E-state index in [9.17, 15) is 9.90 Å². The Hall–Kier alpha value is -3.06. The molecule has 2 aromatic carbocycles. The van der Waals surface area contributed by atoms with Crippen molar-refractivity contribution in [1.82, 2.24) is 0 Å². The maximum Gasteiger partial charge on any atom is 0.270 e. The van der Waals surface area contributed by atoms with Crippen LogP contribution in [0, 0.1) is 18.3 Å². The molecule has 0 aliphatic rings. The fourth-order valence-electron chi connectivity index (χ4n) is 1.87. The van der Waals surface area contributed by atoms with E-state index in [1.54, 1.807) is 54.6 Å². The Morgan fingerprint density at radius 3 is 2.48 bits per heavy atom. The van der Waals surface area contributed by atoms with Gasteiger partial charge in [0.25, 0.3) is 5.91 Å². The summed E-state index contributed by atoms with van der Waals surface area (Å²) < 4.78 is 0. The van der Waals surface area contributed by atoms with Crippen LogP contribution in [0.15, 0.2) is 60.2 Å². The van der Waals surface area contributed by atoms with Crippen LogP contribution in [-0.4, -0.2) is 11.0 Å². The summed E-state index contributed by atoms with van der Waals surface area (Å²) in [5, 5.41) is 21.8. The van der Waals surface area contributed by atoms with E-state index in [0.29, 0.717) is 11.3 Å². The molecule has 21 heavy (non-hydrogen) atoms. The van der Waals surface area contributed by atoms with Crippen molar-refractivity contribution in [2.45, 2.75) is 6.92 Å². The van der Waals surface area contributed by atoms with Crippen molar-refractivity contribution < 1.29 is 9.90 Å². The minimum absolute atomic E-state index is 0.317. The van der Waals surface area contributed by atoms with Gasteiger partial charge in [0.2, 0.25) is 0 Å². The summed E-state index contributed by atoms with van der Waals surface area (Å²) in [5.74, 6) is -0.965. The monoisotopic (exact) mass is 278 g/mol. The second kappa shape index (κ2) is 6.40. The lowest BCUT2D eigenvalue weighted by atomic mass is 10.1. The Bertz CT molecular complexity index is 728. The van der Waals surface area contributed by atoms with Crippen LogP contribution in [0.3, 0.4) is 0 Å². The zero-order valence-electron chi connectivity index (χ0n) is 11.5. The second-order valence-electron chi connectivity index (χ2n) is 4.53. The highest BCUT2D eigenvalue weighted by Crippen LogP contribution is 2.17. The molecule has 0 saturated carbocycles. The van der Waals surface area contributed by atoms with Gasteiger partial charge in [-0.15, -0.1) is 0 Å². The van der Waals surface area contributed by atoms with Crippen LogP contribution in [-0.2, 0) is 4.79 Å². The van der Waals surface area contributed by atoms with Crippen molar-refractivity contribution in [2.75, 3.05) is 5.32 Å². The molecular weight excluding hydrogens is 264 g/mol. The number of aryl methyl sites for hydroxylation is 1. The highest BCUT2D eigenvalue weighted by molar-refractivity contribution is 6.10. The number of nitriles is 1. The lowest BCUT2D eigenvalue weighted by Gasteiger charge is -2.07. The fraction of sp³-hybridized carbons (Fsp3) is 0.0588. The van der Waals surface area contributed by atoms with Crippen LogP contribution in [0.4, 0.5) is 5.69 Å². The molecule has 0 heterocycles. The summed E-state index contributed by atoms with van der Waals surface area (Å²) in [6.45, 7) is 1.90. The van der Waals surface area contributed by atoms with E-state index < -0.39 is 5.91 Å². The molecule has 0 unspecified atom stereocenters. The quantitative estimate of drug-likeness (QED) is 0.513. The molecule has 0 fully saturated rings. The first-order chi connectivity index (χ1) is 10.1. The smallest absolute Gasteiger partial charge is 0.270 e. The van der Waals surface area contributed by atoms with Crippen molar-refractivity contribution >= 4 is 17.4 Å². The first-order valence-electron chi connectivity index (χ1n) is 6.38. The first kappa shape index (κ1) is 14.4. The summed E-state index contributed by atoms with van der Waals surface area (Å²) >= 11 is 0. The van der Waals surface area contributed by atoms with E-state index >= 15 is 0 Å². The number of carbonyl (C=O) groups is 1. The summed E-state index contributed by atoms with van der Waals surface area (Å²) in [5.41, 5.74) is 1.67. The van der Waals surface area contributed by atoms with Gasteiger partial charge in [0.1, 0.15) is 11.8 Å². The molecule has 0 atom stereocenters. The minimum Gasteiger partial charge on any atom is -0.506 e. The Morgan fingerprint density at radius 1 is 1.14 bits per heavy atom. The van der Waals surface area contributed by atoms with Crippen LogP contribution in [0.5, 0.6) is 0 Å². The third kappa shape index (κ3) is 3.48. The van der Waals surface area contributed by atoms with Gasteiger partial charge in [-0.25, -0.2) is 0 Å². The molecule has 0 aliphatic heterocycles. The van der Waals surface area contributed by atoms with E-state index in [1.807, 2.05) is 13.0 Å². The topological polar surface area (TPSA) is 73.1 Å². The molecular formula is C17H14N2O2. The fourth-order valence-corrected chi connectivity index (χ4v) is 1.87. The largest absolute Gasteiger partial charge is 0.506 e. The number of hydrogen-bond donors (Lipinski definition) is 2. The zero-order valence-corrected chi connectivity index (χ0v) is 11.5. The van der Waals surface area contributed by atoms with Gasteiger partial charge in [0.05, 0.1) is 0 Å². The summed E-state index contributed by atoms with van der Waals surface area (Å²) in [6.07, 6.45) is 0. The van der Waals surface area contributed by atoms with Gasteiger partial charge < -0.3 is 10.4 Å². The van der Waals surface area contributed by atoms with Crippen molar-refractivity contribution in [3.63, 3.8) is 0 Å². The number of benzene rings is 2. The molecule has 2 rings (SSSR count). The first-order valence-corrected chi connectivity index (χ1v) is 6.38. The molecule has 0 saturated heterocycles. The summed E-state index contributed by atoms with van der Waals surface area (Å²) in [7, 11) is 0. The lowest BCUT2D eigenvalue weighted by Crippen LogP contribution is -2.15. The maximum absolute atomic E-state index is 12.1. The number of anilines is 1. The highest BCUT2D eigenvalue weighted by atomic mass is 16.3. The summed E-state index contributed by atoms with van der Waals surface area (Å²) in [4.78, 5) is 12.1. The van der Waals surface area contributed by atoms with Crippen molar-refractivity contribution in [2.24, 2.45) is 0 Å². The zero-order chi connectivity index (χ0) is 15.2. The third-order valence-corrected chi connectivity index (χ3v) is 2.90. The SMILES string of the molecule is Cc1cccc(NC(=O)/C(C#N)=C(\O)c2ccccc2)c1. The van der Waals surface area contributed by atoms with Gasteiger partial charge in [0, 0.05) is 11.3 Å². The van der Waals surface area contributed by atoms with Crippen LogP contribution in [0.25, 0.3) is 5.76 Å². The molecule has 2 aromatic rings. The molecule has 4 nitrogen and oxygen atoms in total. The van der Waals surface area contributed by atoms with Crippen molar-refractivity contribution in [1.29, 1.82) is 5.26 Å². The Morgan fingerprint density at radius 2 is 1.86 bits per heavy atom. The van der Waals surface area contributed by atoms with Gasteiger partial charge in [0.15, 0.2) is 5.57 Å². The number of nitrogens with zero attached hydrogens (tertiary/aromatic N) is 1. The van der Waals surface area contributed by atoms with Crippen LogP contribution in [0.2, 0.25) is 0 Å². The maximum atomic E-state index is 12.1. The summed E-state index contributed by atoms with van der Waals surface area (Å²) in [6, 6.07) is 17.5. The number of nitrogens with one attached hydrogen (secondary N) is 1. The van der Waals surface area contributed by atoms with Crippen LogP contribution >= 0.6 is 0 Å². The van der Waals surface area contributed by atoms with Crippen molar-refractivity contribution in [3.05, 3.63) is 71.3 Å². The molecule has 0 radical (unpaired) electrons. The Kier molecular flexibility index (Phi) is 4.37. The van der Waals surface area contributed by atoms with E-state index in [1.165, 1.54) is 0 Å². The normalized spacial score (nSPS) is 11.2. The van der Waals surface area contributed by atoms with E-state index in [0.717, 1.165) is 5.56 Å². The highest BCUT2D eigenvalue weighted by Gasteiger charge is 2.16. The minimum atomic E-state index is -0.635. The van der Waals surface area contributed by atoms with Gasteiger partial charge >= 0.3 is 0 Å². The van der Waals surface area contributed by atoms with Crippen LogP contribution < -0.4 is 5.32 Å². The second-order valence-corrected chi connectivity index (χ2v) is 4.53. The standard InChI is InChI=1S/C17H14N2O2/c1-12-6-5-9-14(10-12)19-17(21)15(11-18)16(20)13-7-3-2-4-8-13/h2-10,20H,1H3,(H,19,21)/b16-15-. The molecule has 1 amide bonds. The van der Waals surface area contributed by atoms with Gasteiger partial charge in [-0.3, -0.25) is 4.79 Å². The predicted octanol–water partition coefficient (Wildman–Crippen LogP) is 3.43. The van der Waals surface area contributed by atoms with E-state index in [2.05, 4.69) is 5.32 Å². The average Bonchev–Trinajstić information content (AvgIpc) is 2.48. The number of hydrogen-bond acceptors (Lipinski definition) is 3. The Labute approximate surface area is 123 Å². The van der Waals surface area contributed by atoms with E-state index in [-0.39, 0.29) is 11.3 Å². The predicted molar refractivity (Wildman–Crippen MR) is 81.4 cm³/mol. The number of rotatable bonds is 3. The number of aliphatic hydroxyl groups excluding tert-OH is 1. The molecule has 0 aromatic heterocycles.